The summed E-state index contributed by atoms with van der Waals surface area (Å²) in [5.74, 6) is 0.778. The third-order valence-electron chi connectivity index (χ3n) is 2.71. The van der Waals surface area contributed by atoms with E-state index in [2.05, 4.69) is 0 Å². The third kappa shape index (κ3) is 3.83. The van der Waals surface area contributed by atoms with Crippen LogP contribution in [0.15, 0.2) is 54.6 Å². The molecule has 0 saturated heterocycles. The van der Waals surface area contributed by atoms with E-state index in [1.54, 1.807) is 0 Å². The lowest BCUT2D eigenvalue weighted by Crippen LogP contribution is -2.23. The van der Waals surface area contributed by atoms with Gasteiger partial charge in [0.25, 0.3) is 0 Å². The number of ether oxygens (including phenoxy) is 1. The second-order valence-corrected chi connectivity index (χ2v) is 5.60. The summed E-state index contributed by atoms with van der Waals surface area (Å²) in [5.41, 5.74) is 1.49. The maximum absolute atomic E-state index is 10.4. The molecule has 2 rings (SSSR count). The molecule has 0 bridgehead atoms. The molecular weight excluding hydrogens is 236 g/mol. The molecule has 2 nitrogen and oxygen atoms in total. The molecule has 1 unspecified atom stereocenters. The summed E-state index contributed by atoms with van der Waals surface area (Å²) in [6, 6.07) is 17.2. The normalized spacial score (nSPS) is 13.1. The zero-order valence-corrected chi connectivity index (χ0v) is 11.6. The lowest BCUT2D eigenvalue weighted by atomic mass is 10.0. The standard InChI is InChI=1S/C17H20O2/c1-17(2,3)19-15-11-7-10-14(12-15)16(18)13-8-5-4-6-9-13/h4-12,16,18H,1-3H3. The predicted molar refractivity (Wildman–Crippen MR) is 77.3 cm³/mol. The van der Waals surface area contributed by atoms with Gasteiger partial charge in [0.15, 0.2) is 0 Å². The molecule has 0 radical (unpaired) electrons. The molecule has 1 atom stereocenters. The molecule has 100 valence electrons. The van der Waals surface area contributed by atoms with Crippen molar-refractivity contribution in [1.29, 1.82) is 0 Å². The molecule has 0 spiro atoms. The maximum Gasteiger partial charge on any atom is 0.120 e. The van der Waals surface area contributed by atoms with Crippen LogP contribution >= 0.6 is 0 Å². The van der Waals surface area contributed by atoms with Gasteiger partial charge in [-0.05, 0) is 44.0 Å². The highest BCUT2D eigenvalue weighted by Gasteiger charge is 2.14. The molecule has 0 aliphatic heterocycles. The number of hydrogen-bond acceptors (Lipinski definition) is 2. The van der Waals surface area contributed by atoms with E-state index >= 15 is 0 Å². The average molecular weight is 256 g/mol. The number of aliphatic hydroxyl groups excluding tert-OH is 1. The van der Waals surface area contributed by atoms with Crippen LogP contribution in [0, 0.1) is 0 Å². The van der Waals surface area contributed by atoms with Crippen molar-refractivity contribution >= 4 is 0 Å². The fourth-order valence-electron chi connectivity index (χ4n) is 1.93. The second kappa shape index (κ2) is 5.45. The minimum absolute atomic E-state index is 0.240. The van der Waals surface area contributed by atoms with Crippen molar-refractivity contribution in [2.24, 2.45) is 0 Å². The van der Waals surface area contributed by atoms with Crippen LogP contribution in [-0.4, -0.2) is 10.7 Å². The highest BCUT2D eigenvalue weighted by Crippen LogP contribution is 2.26. The maximum atomic E-state index is 10.4. The van der Waals surface area contributed by atoms with Crippen molar-refractivity contribution in [3.05, 3.63) is 65.7 Å². The third-order valence-corrected chi connectivity index (χ3v) is 2.71. The highest BCUT2D eigenvalue weighted by atomic mass is 16.5. The van der Waals surface area contributed by atoms with Crippen LogP contribution in [0.5, 0.6) is 5.75 Å². The fourth-order valence-corrected chi connectivity index (χ4v) is 1.93. The van der Waals surface area contributed by atoms with Gasteiger partial charge in [-0.25, -0.2) is 0 Å². The summed E-state index contributed by atoms with van der Waals surface area (Å²) in [6.45, 7) is 6.02. The highest BCUT2D eigenvalue weighted by molar-refractivity contribution is 5.35. The van der Waals surface area contributed by atoms with Crippen LogP contribution in [0.25, 0.3) is 0 Å². The molecule has 19 heavy (non-hydrogen) atoms. The first-order valence-electron chi connectivity index (χ1n) is 6.48. The smallest absolute Gasteiger partial charge is 0.120 e. The van der Waals surface area contributed by atoms with E-state index in [0.29, 0.717) is 0 Å². The van der Waals surface area contributed by atoms with Crippen molar-refractivity contribution in [3.63, 3.8) is 0 Å². The Labute approximate surface area is 114 Å². The lowest BCUT2D eigenvalue weighted by Gasteiger charge is -2.22. The van der Waals surface area contributed by atoms with Crippen LogP contribution in [0.3, 0.4) is 0 Å². The number of hydrogen-bond donors (Lipinski definition) is 1. The number of benzene rings is 2. The molecule has 1 N–H and O–H groups in total. The summed E-state index contributed by atoms with van der Waals surface area (Å²) in [4.78, 5) is 0. The van der Waals surface area contributed by atoms with Gasteiger partial charge < -0.3 is 9.84 Å². The summed E-state index contributed by atoms with van der Waals surface area (Å²) in [7, 11) is 0. The number of rotatable bonds is 3. The summed E-state index contributed by atoms with van der Waals surface area (Å²) < 4.78 is 5.82. The molecule has 0 aromatic heterocycles. The van der Waals surface area contributed by atoms with Crippen LogP contribution < -0.4 is 4.74 Å². The van der Waals surface area contributed by atoms with Crippen molar-refractivity contribution < 1.29 is 9.84 Å². The van der Waals surface area contributed by atoms with Gasteiger partial charge >= 0.3 is 0 Å². The Balaban J connectivity index is 2.24. The molecule has 0 aliphatic rings. The van der Waals surface area contributed by atoms with Crippen molar-refractivity contribution in [2.45, 2.75) is 32.5 Å². The minimum atomic E-state index is -0.621. The van der Waals surface area contributed by atoms with Gasteiger partial charge in [-0.2, -0.15) is 0 Å². The molecule has 0 fully saturated rings. The Morgan fingerprint density at radius 1 is 0.895 bits per heavy atom. The Bertz CT molecular complexity index is 526. The first-order valence-corrected chi connectivity index (χ1v) is 6.48. The van der Waals surface area contributed by atoms with Gasteiger partial charge in [-0.3, -0.25) is 0 Å². The first kappa shape index (κ1) is 13.6. The van der Waals surface area contributed by atoms with Crippen LogP contribution in [-0.2, 0) is 0 Å². The quantitative estimate of drug-likeness (QED) is 0.901. The van der Waals surface area contributed by atoms with Crippen molar-refractivity contribution in [2.75, 3.05) is 0 Å². The van der Waals surface area contributed by atoms with E-state index in [1.165, 1.54) is 0 Å². The van der Waals surface area contributed by atoms with E-state index in [4.69, 9.17) is 4.74 Å². The van der Waals surface area contributed by atoms with Crippen molar-refractivity contribution in [3.8, 4) is 5.75 Å². The average Bonchev–Trinajstić information content (AvgIpc) is 2.37. The van der Waals surface area contributed by atoms with Gasteiger partial charge in [-0.1, -0.05) is 42.5 Å². The topological polar surface area (TPSA) is 29.5 Å². The SMILES string of the molecule is CC(C)(C)Oc1cccc(C(O)c2ccccc2)c1. The van der Waals surface area contributed by atoms with Crippen LogP contribution in [0.4, 0.5) is 0 Å². The minimum Gasteiger partial charge on any atom is -0.488 e. The number of aliphatic hydroxyl groups is 1. The molecule has 0 amide bonds. The van der Waals surface area contributed by atoms with Gasteiger partial charge in [0.05, 0.1) is 0 Å². The molecule has 0 aliphatic carbocycles. The van der Waals surface area contributed by atoms with Crippen LogP contribution in [0.2, 0.25) is 0 Å². The molecule has 0 heterocycles. The Hall–Kier alpha value is -1.80. The van der Waals surface area contributed by atoms with E-state index in [1.807, 2.05) is 75.4 Å². The Kier molecular flexibility index (Phi) is 3.91. The lowest BCUT2D eigenvalue weighted by molar-refractivity contribution is 0.130. The molecule has 2 heteroatoms. The second-order valence-electron chi connectivity index (χ2n) is 5.60. The summed E-state index contributed by atoms with van der Waals surface area (Å²) in [6.07, 6.45) is -0.621. The van der Waals surface area contributed by atoms with Crippen molar-refractivity contribution in [1.82, 2.24) is 0 Å². The van der Waals surface area contributed by atoms with Gasteiger partial charge in [-0.15, -0.1) is 0 Å². The molecule has 2 aromatic rings. The first-order chi connectivity index (χ1) is 8.96. The molecule has 2 aromatic carbocycles. The van der Waals surface area contributed by atoms with Crippen LogP contribution in [0.1, 0.15) is 38.0 Å². The van der Waals surface area contributed by atoms with Gasteiger partial charge in [0.2, 0.25) is 0 Å². The van der Waals surface area contributed by atoms with Gasteiger partial charge in [0, 0.05) is 0 Å². The Morgan fingerprint density at radius 3 is 2.16 bits per heavy atom. The molecule has 0 saturated carbocycles. The van der Waals surface area contributed by atoms with E-state index < -0.39 is 6.10 Å². The summed E-state index contributed by atoms with van der Waals surface area (Å²) >= 11 is 0. The Morgan fingerprint density at radius 2 is 1.53 bits per heavy atom. The monoisotopic (exact) mass is 256 g/mol. The zero-order valence-electron chi connectivity index (χ0n) is 11.6. The van der Waals surface area contributed by atoms with Gasteiger partial charge in [0.1, 0.15) is 17.5 Å². The fraction of sp³-hybridized carbons (Fsp3) is 0.294. The van der Waals surface area contributed by atoms with E-state index in [-0.39, 0.29) is 5.60 Å². The summed E-state index contributed by atoms with van der Waals surface area (Å²) in [5, 5.41) is 10.4. The van der Waals surface area contributed by atoms with E-state index in [9.17, 15) is 5.11 Å². The zero-order chi connectivity index (χ0) is 13.9. The molecular formula is C17H20O2. The predicted octanol–water partition coefficient (Wildman–Crippen LogP) is 3.95. The largest absolute Gasteiger partial charge is 0.488 e. The van der Waals surface area contributed by atoms with E-state index in [0.717, 1.165) is 16.9 Å².